The maximum absolute atomic E-state index is 4.55. The molecule has 1 fully saturated rings. The van der Waals surface area contributed by atoms with Crippen molar-refractivity contribution in [3.05, 3.63) is 0 Å². The van der Waals surface area contributed by atoms with Crippen molar-refractivity contribution in [2.24, 2.45) is 0 Å². The zero-order chi connectivity index (χ0) is 13.7. The molecule has 6 nitrogen and oxygen atoms in total. The minimum atomic E-state index is 0.362. The molecule has 0 amide bonds. The second kappa shape index (κ2) is 6.54. The normalized spacial score (nSPS) is 17.1. The number of nitrogens with zero attached hydrogens (tertiary/aromatic N) is 4. The van der Waals surface area contributed by atoms with E-state index in [0.717, 1.165) is 25.5 Å². The van der Waals surface area contributed by atoms with E-state index >= 15 is 0 Å². The highest BCUT2D eigenvalue weighted by molar-refractivity contribution is 5.44. The highest BCUT2D eigenvalue weighted by atomic mass is 15.3. The smallest absolute Gasteiger partial charge is 0.231 e. The minimum absolute atomic E-state index is 0.362. The lowest BCUT2D eigenvalue weighted by molar-refractivity contribution is 0.567. The summed E-state index contributed by atoms with van der Waals surface area (Å²) in [5, 5.41) is 6.33. The number of piperidine rings is 1. The summed E-state index contributed by atoms with van der Waals surface area (Å²) >= 11 is 0. The lowest BCUT2D eigenvalue weighted by Crippen LogP contribution is -2.31. The van der Waals surface area contributed by atoms with Crippen molar-refractivity contribution in [3.8, 4) is 0 Å². The van der Waals surface area contributed by atoms with Crippen LogP contribution in [0.4, 0.5) is 17.8 Å². The Kier molecular flexibility index (Phi) is 4.76. The summed E-state index contributed by atoms with van der Waals surface area (Å²) in [5.74, 6) is 2.07. The summed E-state index contributed by atoms with van der Waals surface area (Å²) in [5.41, 5.74) is 0. The third-order valence-electron chi connectivity index (χ3n) is 3.47. The van der Waals surface area contributed by atoms with E-state index in [4.69, 9.17) is 0 Å². The maximum atomic E-state index is 4.55. The number of hydrogen-bond donors (Lipinski definition) is 2. The van der Waals surface area contributed by atoms with E-state index in [0.29, 0.717) is 17.9 Å². The molecule has 1 aliphatic rings. The monoisotopic (exact) mass is 264 g/mol. The zero-order valence-electron chi connectivity index (χ0n) is 12.1. The summed E-state index contributed by atoms with van der Waals surface area (Å²) in [6.07, 6.45) is 4.78. The van der Waals surface area contributed by atoms with Crippen molar-refractivity contribution < 1.29 is 0 Å². The van der Waals surface area contributed by atoms with Crippen LogP contribution in [0.2, 0.25) is 0 Å². The molecule has 1 unspecified atom stereocenters. The molecule has 0 bridgehead atoms. The average Bonchev–Trinajstić information content (AvgIpc) is 2.47. The number of nitrogens with one attached hydrogen (secondary N) is 2. The van der Waals surface area contributed by atoms with E-state index in [1.54, 1.807) is 0 Å². The van der Waals surface area contributed by atoms with Crippen LogP contribution in [0.1, 0.15) is 39.5 Å². The first kappa shape index (κ1) is 13.8. The van der Waals surface area contributed by atoms with Gasteiger partial charge < -0.3 is 15.5 Å². The van der Waals surface area contributed by atoms with Crippen molar-refractivity contribution >= 4 is 17.8 Å². The SMILES string of the molecule is CCC(C)Nc1nc(NC)nc(N2CCCCC2)n1. The van der Waals surface area contributed by atoms with Crippen molar-refractivity contribution in [3.63, 3.8) is 0 Å². The van der Waals surface area contributed by atoms with Gasteiger partial charge in [-0.15, -0.1) is 0 Å². The minimum Gasteiger partial charge on any atom is -0.357 e. The number of rotatable bonds is 5. The lowest BCUT2D eigenvalue weighted by atomic mass is 10.1. The van der Waals surface area contributed by atoms with Gasteiger partial charge >= 0.3 is 0 Å². The molecule has 1 atom stereocenters. The molecule has 1 aromatic heterocycles. The molecule has 2 heterocycles. The fraction of sp³-hybridized carbons (Fsp3) is 0.769. The Labute approximate surface area is 115 Å². The predicted molar refractivity (Wildman–Crippen MR) is 78.8 cm³/mol. The third kappa shape index (κ3) is 3.68. The van der Waals surface area contributed by atoms with Gasteiger partial charge in [0.15, 0.2) is 0 Å². The molecule has 0 radical (unpaired) electrons. The van der Waals surface area contributed by atoms with E-state index in [9.17, 15) is 0 Å². The molecular formula is C13H24N6. The molecule has 0 aromatic carbocycles. The molecule has 0 saturated carbocycles. The predicted octanol–water partition coefficient (Wildman–Crippen LogP) is 2.11. The summed E-state index contributed by atoms with van der Waals surface area (Å²) in [6.45, 7) is 6.35. The second-order valence-electron chi connectivity index (χ2n) is 5.03. The van der Waals surface area contributed by atoms with Crippen LogP contribution in [0, 0.1) is 0 Å². The Morgan fingerprint density at radius 1 is 1.11 bits per heavy atom. The summed E-state index contributed by atoms with van der Waals surface area (Å²) in [7, 11) is 1.84. The highest BCUT2D eigenvalue weighted by Crippen LogP contribution is 2.18. The molecule has 2 N–H and O–H groups in total. The van der Waals surface area contributed by atoms with Gasteiger partial charge in [0.05, 0.1) is 0 Å². The Balaban J connectivity index is 2.19. The van der Waals surface area contributed by atoms with Crippen LogP contribution < -0.4 is 15.5 Å². The Morgan fingerprint density at radius 3 is 2.42 bits per heavy atom. The fourth-order valence-corrected chi connectivity index (χ4v) is 2.10. The van der Waals surface area contributed by atoms with Gasteiger partial charge in [-0.1, -0.05) is 6.92 Å². The summed E-state index contributed by atoms with van der Waals surface area (Å²) < 4.78 is 0. The quantitative estimate of drug-likeness (QED) is 0.849. The van der Waals surface area contributed by atoms with Crippen LogP contribution in [0.25, 0.3) is 0 Å². The van der Waals surface area contributed by atoms with Crippen LogP contribution in [0.5, 0.6) is 0 Å². The number of aromatic nitrogens is 3. The van der Waals surface area contributed by atoms with Gasteiger partial charge in [0.2, 0.25) is 17.8 Å². The van der Waals surface area contributed by atoms with Crippen LogP contribution in [-0.4, -0.2) is 41.1 Å². The van der Waals surface area contributed by atoms with Crippen LogP contribution in [0.3, 0.4) is 0 Å². The summed E-state index contributed by atoms with van der Waals surface area (Å²) in [6, 6.07) is 0.362. The van der Waals surface area contributed by atoms with Gasteiger partial charge in [-0.2, -0.15) is 15.0 Å². The van der Waals surface area contributed by atoms with E-state index in [1.165, 1.54) is 19.3 Å². The summed E-state index contributed by atoms with van der Waals surface area (Å²) in [4.78, 5) is 15.6. The average molecular weight is 264 g/mol. The van der Waals surface area contributed by atoms with Crippen molar-refractivity contribution in [1.82, 2.24) is 15.0 Å². The first-order valence-corrected chi connectivity index (χ1v) is 7.18. The standard InChI is InChI=1S/C13H24N6/c1-4-10(2)15-12-16-11(14-3)17-13(18-12)19-8-6-5-7-9-19/h10H,4-9H2,1-3H3,(H2,14,15,16,17,18). The van der Waals surface area contributed by atoms with Crippen LogP contribution in [-0.2, 0) is 0 Å². The maximum Gasteiger partial charge on any atom is 0.231 e. The topological polar surface area (TPSA) is 66.0 Å². The molecule has 19 heavy (non-hydrogen) atoms. The first-order chi connectivity index (χ1) is 9.22. The molecule has 6 heteroatoms. The molecule has 0 spiro atoms. The first-order valence-electron chi connectivity index (χ1n) is 7.18. The molecule has 0 aliphatic carbocycles. The van der Waals surface area contributed by atoms with Gasteiger partial charge in [0.1, 0.15) is 0 Å². The van der Waals surface area contributed by atoms with Crippen molar-refractivity contribution in [2.45, 2.75) is 45.6 Å². The van der Waals surface area contributed by atoms with Crippen molar-refractivity contribution in [1.29, 1.82) is 0 Å². The van der Waals surface area contributed by atoms with E-state index in [-0.39, 0.29) is 0 Å². The van der Waals surface area contributed by atoms with E-state index in [1.807, 2.05) is 7.05 Å². The zero-order valence-corrected chi connectivity index (χ0v) is 12.1. The Bertz CT molecular complexity index is 402. The van der Waals surface area contributed by atoms with E-state index in [2.05, 4.69) is 44.3 Å². The van der Waals surface area contributed by atoms with Gasteiger partial charge in [-0.3, -0.25) is 0 Å². The molecule has 106 valence electrons. The van der Waals surface area contributed by atoms with Gasteiger partial charge in [0, 0.05) is 26.2 Å². The van der Waals surface area contributed by atoms with Gasteiger partial charge in [-0.05, 0) is 32.6 Å². The second-order valence-corrected chi connectivity index (χ2v) is 5.03. The highest BCUT2D eigenvalue weighted by Gasteiger charge is 2.16. The number of hydrogen-bond acceptors (Lipinski definition) is 6. The lowest BCUT2D eigenvalue weighted by Gasteiger charge is -2.27. The molecule has 1 aliphatic heterocycles. The van der Waals surface area contributed by atoms with Crippen LogP contribution >= 0.6 is 0 Å². The fourth-order valence-electron chi connectivity index (χ4n) is 2.10. The molecular weight excluding hydrogens is 240 g/mol. The number of anilines is 3. The van der Waals surface area contributed by atoms with E-state index < -0.39 is 0 Å². The molecule has 1 saturated heterocycles. The Hall–Kier alpha value is -1.59. The Morgan fingerprint density at radius 2 is 1.79 bits per heavy atom. The third-order valence-corrected chi connectivity index (χ3v) is 3.47. The largest absolute Gasteiger partial charge is 0.357 e. The van der Waals surface area contributed by atoms with Gasteiger partial charge in [-0.25, -0.2) is 0 Å². The van der Waals surface area contributed by atoms with Crippen LogP contribution in [0.15, 0.2) is 0 Å². The molecule has 1 aromatic rings. The molecule has 2 rings (SSSR count). The van der Waals surface area contributed by atoms with Crippen molar-refractivity contribution in [2.75, 3.05) is 35.7 Å². The van der Waals surface area contributed by atoms with Gasteiger partial charge in [0.25, 0.3) is 0 Å².